The van der Waals surface area contributed by atoms with Crippen LogP contribution in [0, 0.1) is 18.6 Å². The van der Waals surface area contributed by atoms with Gasteiger partial charge in [0, 0.05) is 37.9 Å². The molecule has 1 aromatic heterocycles. The van der Waals surface area contributed by atoms with Gasteiger partial charge in [0.15, 0.2) is 5.96 Å². The van der Waals surface area contributed by atoms with E-state index in [0.29, 0.717) is 24.6 Å². The average molecular weight is 402 g/mol. The SMILES string of the molecule is CCNC(=NCCc1cc(F)ccc1F)NC1CCN(c2cccc(C)n2)CC1. The van der Waals surface area contributed by atoms with Crippen LogP contribution in [0.2, 0.25) is 0 Å². The van der Waals surface area contributed by atoms with Gasteiger partial charge in [-0.25, -0.2) is 13.8 Å². The minimum absolute atomic E-state index is 0.319. The van der Waals surface area contributed by atoms with Gasteiger partial charge in [0.05, 0.1) is 0 Å². The third-order valence-corrected chi connectivity index (χ3v) is 5.04. The van der Waals surface area contributed by atoms with E-state index in [0.717, 1.165) is 62.1 Å². The molecule has 0 unspecified atom stereocenters. The highest BCUT2D eigenvalue weighted by Crippen LogP contribution is 2.18. The normalized spacial score (nSPS) is 15.4. The van der Waals surface area contributed by atoms with Gasteiger partial charge in [-0.05, 0) is 69.0 Å². The van der Waals surface area contributed by atoms with E-state index in [2.05, 4.69) is 31.6 Å². The van der Waals surface area contributed by atoms with Gasteiger partial charge in [-0.2, -0.15) is 0 Å². The van der Waals surface area contributed by atoms with Crippen molar-refractivity contribution in [1.29, 1.82) is 0 Å². The van der Waals surface area contributed by atoms with E-state index in [9.17, 15) is 8.78 Å². The van der Waals surface area contributed by atoms with Gasteiger partial charge in [-0.1, -0.05) is 6.07 Å². The maximum absolute atomic E-state index is 13.8. The standard InChI is InChI=1S/C22H29F2N5/c1-3-25-22(26-12-9-17-15-18(23)7-8-20(17)24)28-19-10-13-29(14-11-19)21-6-4-5-16(2)27-21/h4-8,15,19H,3,9-14H2,1-2H3,(H2,25,26,28). The Labute approximate surface area is 171 Å². The predicted octanol–water partition coefficient (Wildman–Crippen LogP) is 3.43. The Morgan fingerprint density at radius 2 is 2.00 bits per heavy atom. The number of anilines is 1. The molecule has 1 aliphatic rings. The molecule has 0 bridgehead atoms. The minimum atomic E-state index is -0.426. The number of rotatable bonds is 6. The Hall–Kier alpha value is -2.70. The number of pyridine rings is 1. The molecule has 0 radical (unpaired) electrons. The lowest BCUT2D eigenvalue weighted by Crippen LogP contribution is -2.49. The number of aliphatic imine (C=N–C) groups is 1. The largest absolute Gasteiger partial charge is 0.357 e. The van der Waals surface area contributed by atoms with Crippen LogP contribution in [0.1, 0.15) is 31.0 Å². The number of hydrogen-bond donors (Lipinski definition) is 2. The molecule has 0 aliphatic carbocycles. The van der Waals surface area contributed by atoms with Crippen molar-refractivity contribution in [2.24, 2.45) is 4.99 Å². The molecule has 2 N–H and O–H groups in total. The molecular weight excluding hydrogens is 372 g/mol. The van der Waals surface area contributed by atoms with E-state index in [-0.39, 0.29) is 0 Å². The Kier molecular flexibility index (Phi) is 7.38. The molecule has 0 spiro atoms. The van der Waals surface area contributed by atoms with E-state index < -0.39 is 11.6 Å². The van der Waals surface area contributed by atoms with E-state index >= 15 is 0 Å². The number of halogens is 2. The zero-order valence-corrected chi connectivity index (χ0v) is 17.1. The Morgan fingerprint density at radius 1 is 1.21 bits per heavy atom. The molecule has 1 fully saturated rings. The van der Waals surface area contributed by atoms with Gasteiger partial charge in [-0.3, -0.25) is 4.99 Å². The lowest BCUT2D eigenvalue weighted by atomic mass is 10.1. The van der Waals surface area contributed by atoms with Crippen molar-refractivity contribution in [1.82, 2.24) is 15.6 Å². The van der Waals surface area contributed by atoms with Crippen molar-refractivity contribution < 1.29 is 8.78 Å². The van der Waals surface area contributed by atoms with E-state index in [1.807, 2.05) is 26.0 Å². The van der Waals surface area contributed by atoms with Gasteiger partial charge in [0.25, 0.3) is 0 Å². The molecule has 7 heteroatoms. The number of aryl methyl sites for hydroxylation is 1. The van der Waals surface area contributed by atoms with Crippen LogP contribution < -0.4 is 15.5 Å². The van der Waals surface area contributed by atoms with Crippen molar-refractivity contribution in [3.63, 3.8) is 0 Å². The Morgan fingerprint density at radius 3 is 2.72 bits per heavy atom. The molecule has 156 valence electrons. The summed E-state index contributed by atoms with van der Waals surface area (Å²) in [7, 11) is 0. The molecule has 1 aromatic carbocycles. The second kappa shape index (κ2) is 10.2. The molecule has 29 heavy (non-hydrogen) atoms. The molecule has 0 atom stereocenters. The fourth-order valence-corrected chi connectivity index (χ4v) is 3.49. The lowest BCUT2D eigenvalue weighted by Gasteiger charge is -2.34. The number of nitrogens with one attached hydrogen (secondary N) is 2. The summed E-state index contributed by atoms with van der Waals surface area (Å²) < 4.78 is 27.1. The second-order valence-electron chi connectivity index (χ2n) is 7.29. The zero-order chi connectivity index (χ0) is 20.6. The number of hydrogen-bond acceptors (Lipinski definition) is 3. The third-order valence-electron chi connectivity index (χ3n) is 5.04. The topological polar surface area (TPSA) is 52.6 Å². The maximum atomic E-state index is 13.8. The summed E-state index contributed by atoms with van der Waals surface area (Å²) in [5.41, 5.74) is 1.38. The first kappa shape index (κ1) is 21.0. The lowest BCUT2D eigenvalue weighted by molar-refractivity contribution is 0.459. The van der Waals surface area contributed by atoms with Crippen LogP contribution in [-0.4, -0.2) is 43.2 Å². The summed E-state index contributed by atoms with van der Waals surface area (Å²) in [6.45, 7) is 7.01. The fourth-order valence-electron chi connectivity index (χ4n) is 3.49. The fraction of sp³-hybridized carbons (Fsp3) is 0.455. The van der Waals surface area contributed by atoms with Crippen LogP contribution in [0.15, 0.2) is 41.4 Å². The molecule has 0 amide bonds. The third kappa shape index (κ3) is 6.14. The van der Waals surface area contributed by atoms with E-state index in [4.69, 9.17) is 0 Å². The summed E-state index contributed by atoms with van der Waals surface area (Å²) >= 11 is 0. The molecule has 1 aliphatic heterocycles. The van der Waals surface area contributed by atoms with Gasteiger partial charge < -0.3 is 15.5 Å². The first-order valence-corrected chi connectivity index (χ1v) is 10.2. The number of aromatic nitrogens is 1. The van der Waals surface area contributed by atoms with Gasteiger partial charge in [0.2, 0.25) is 0 Å². The minimum Gasteiger partial charge on any atom is -0.357 e. The smallest absolute Gasteiger partial charge is 0.191 e. The van der Waals surface area contributed by atoms with Crippen molar-refractivity contribution in [3.8, 4) is 0 Å². The molecule has 5 nitrogen and oxygen atoms in total. The quantitative estimate of drug-likeness (QED) is 0.575. The number of nitrogens with zero attached hydrogens (tertiary/aromatic N) is 3. The summed E-state index contributed by atoms with van der Waals surface area (Å²) in [6, 6.07) is 9.95. The van der Waals surface area contributed by atoms with Crippen LogP contribution in [-0.2, 0) is 6.42 Å². The zero-order valence-electron chi connectivity index (χ0n) is 17.1. The Balaban J connectivity index is 1.52. The Bertz CT molecular complexity index is 832. The van der Waals surface area contributed by atoms with Crippen LogP contribution in [0.5, 0.6) is 0 Å². The van der Waals surface area contributed by atoms with Crippen LogP contribution in [0.3, 0.4) is 0 Å². The number of piperidine rings is 1. The van der Waals surface area contributed by atoms with Crippen LogP contribution >= 0.6 is 0 Å². The molecule has 2 aromatic rings. The van der Waals surface area contributed by atoms with Crippen molar-refractivity contribution >= 4 is 11.8 Å². The molecule has 1 saturated heterocycles. The second-order valence-corrected chi connectivity index (χ2v) is 7.29. The molecule has 0 saturated carbocycles. The van der Waals surface area contributed by atoms with Crippen LogP contribution in [0.25, 0.3) is 0 Å². The highest BCUT2D eigenvalue weighted by molar-refractivity contribution is 5.80. The number of benzene rings is 1. The summed E-state index contributed by atoms with van der Waals surface area (Å²) in [5.74, 6) is 0.930. The van der Waals surface area contributed by atoms with Crippen molar-refractivity contribution in [2.75, 3.05) is 31.1 Å². The summed E-state index contributed by atoms with van der Waals surface area (Å²) in [4.78, 5) is 11.5. The van der Waals surface area contributed by atoms with E-state index in [1.54, 1.807) is 0 Å². The molecule has 2 heterocycles. The first-order valence-electron chi connectivity index (χ1n) is 10.2. The summed E-state index contributed by atoms with van der Waals surface area (Å²) in [5, 5.41) is 6.71. The predicted molar refractivity (Wildman–Crippen MR) is 113 cm³/mol. The van der Waals surface area contributed by atoms with Crippen molar-refractivity contribution in [3.05, 3.63) is 59.3 Å². The molecule has 3 rings (SSSR count). The summed E-state index contributed by atoms with van der Waals surface area (Å²) in [6.07, 6.45) is 2.33. The maximum Gasteiger partial charge on any atom is 0.191 e. The highest BCUT2D eigenvalue weighted by Gasteiger charge is 2.21. The monoisotopic (exact) mass is 401 g/mol. The number of guanidine groups is 1. The first-order chi connectivity index (χ1) is 14.0. The average Bonchev–Trinajstić information content (AvgIpc) is 2.71. The molecular formula is C22H29F2N5. The van der Waals surface area contributed by atoms with Crippen LogP contribution in [0.4, 0.5) is 14.6 Å². The van der Waals surface area contributed by atoms with Gasteiger partial charge in [-0.15, -0.1) is 0 Å². The van der Waals surface area contributed by atoms with Gasteiger partial charge >= 0.3 is 0 Å². The van der Waals surface area contributed by atoms with Crippen molar-refractivity contribution in [2.45, 2.75) is 39.2 Å². The van der Waals surface area contributed by atoms with E-state index in [1.165, 1.54) is 6.07 Å². The van der Waals surface area contributed by atoms with Gasteiger partial charge in [0.1, 0.15) is 17.5 Å². The highest BCUT2D eigenvalue weighted by atomic mass is 19.1.